The molecule has 1 atom stereocenters. The Bertz CT molecular complexity index is 880. The molecule has 3 nitrogen and oxygen atoms in total. The van der Waals surface area contributed by atoms with E-state index in [0.717, 1.165) is 22.6 Å². The number of carbonyl (C=O) groups is 1. The minimum Gasteiger partial charge on any atom is -0.325 e. The number of nitrogens with one attached hydrogen (secondary N) is 1. The maximum Gasteiger partial charge on any atom is 0.237 e. The fourth-order valence-corrected chi connectivity index (χ4v) is 5.86. The first-order valence-electron chi connectivity index (χ1n) is 9.57. The van der Waals surface area contributed by atoms with E-state index < -0.39 is 0 Å². The molecule has 5 heteroatoms. The van der Waals surface area contributed by atoms with Gasteiger partial charge < -0.3 is 5.32 Å². The number of nitrogens with zero attached hydrogens (tertiary/aromatic N) is 1. The molecule has 1 saturated carbocycles. The van der Waals surface area contributed by atoms with Gasteiger partial charge in [-0.3, -0.25) is 4.79 Å². The molecule has 0 unspecified atom stereocenters. The van der Waals surface area contributed by atoms with Gasteiger partial charge in [-0.25, -0.2) is 4.98 Å². The van der Waals surface area contributed by atoms with Gasteiger partial charge in [-0.05, 0) is 49.6 Å². The van der Waals surface area contributed by atoms with E-state index >= 15 is 0 Å². The smallest absolute Gasteiger partial charge is 0.237 e. The van der Waals surface area contributed by atoms with Crippen molar-refractivity contribution in [2.75, 3.05) is 5.32 Å². The van der Waals surface area contributed by atoms with Crippen LogP contribution in [0.25, 0.3) is 10.2 Å². The number of carbonyl (C=O) groups excluding carboxylic acids is 1. The molecule has 1 aromatic heterocycles. The quantitative estimate of drug-likeness (QED) is 0.565. The van der Waals surface area contributed by atoms with E-state index in [2.05, 4.69) is 29.6 Å². The monoisotopic (exact) mass is 396 g/mol. The minimum absolute atomic E-state index is 0.00414. The molecule has 1 amide bonds. The molecule has 3 aromatic rings. The summed E-state index contributed by atoms with van der Waals surface area (Å²) in [7, 11) is 0. The zero-order chi connectivity index (χ0) is 18.6. The lowest BCUT2D eigenvalue weighted by atomic mass is 10.1. The molecule has 27 heavy (non-hydrogen) atoms. The fourth-order valence-electron chi connectivity index (χ4n) is 3.49. The van der Waals surface area contributed by atoms with Gasteiger partial charge in [-0.2, -0.15) is 0 Å². The van der Waals surface area contributed by atoms with E-state index in [4.69, 9.17) is 4.98 Å². The van der Waals surface area contributed by atoms with Gasteiger partial charge in [0.1, 0.15) is 0 Å². The van der Waals surface area contributed by atoms with Crippen molar-refractivity contribution in [2.45, 2.75) is 49.5 Å². The van der Waals surface area contributed by atoms with Crippen LogP contribution in [0.4, 0.5) is 5.69 Å². The lowest BCUT2D eigenvalue weighted by molar-refractivity contribution is -0.115. The summed E-state index contributed by atoms with van der Waals surface area (Å²) in [6, 6.07) is 16.4. The van der Waals surface area contributed by atoms with Crippen LogP contribution >= 0.6 is 23.1 Å². The summed E-state index contributed by atoms with van der Waals surface area (Å²) in [5, 5.41) is 4.83. The largest absolute Gasteiger partial charge is 0.325 e. The number of thioether (sulfide) groups is 1. The molecule has 4 rings (SSSR count). The predicted octanol–water partition coefficient (Wildman–Crippen LogP) is 5.89. The van der Waals surface area contributed by atoms with Crippen LogP contribution in [-0.4, -0.2) is 21.4 Å². The number of para-hydroxylation sites is 1. The highest BCUT2D eigenvalue weighted by molar-refractivity contribution is 8.01. The number of rotatable bonds is 6. The average molecular weight is 397 g/mol. The molecule has 1 N–H and O–H groups in total. The Morgan fingerprint density at radius 1 is 1.19 bits per heavy atom. The molecular weight excluding hydrogens is 372 g/mol. The summed E-state index contributed by atoms with van der Waals surface area (Å²) in [5.41, 5.74) is 3.14. The molecule has 1 aliphatic rings. The Labute approximate surface area is 168 Å². The van der Waals surface area contributed by atoms with Crippen LogP contribution in [0.3, 0.4) is 0 Å². The third-order valence-electron chi connectivity index (χ3n) is 4.98. The van der Waals surface area contributed by atoms with Crippen LogP contribution < -0.4 is 5.32 Å². The second-order valence-electron chi connectivity index (χ2n) is 7.12. The number of anilines is 1. The highest BCUT2D eigenvalue weighted by Gasteiger charge is 2.22. The third-order valence-corrected chi connectivity index (χ3v) is 7.50. The first-order chi connectivity index (χ1) is 13.2. The van der Waals surface area contributed by atoms with Gasteiger partial charge in [0, 0.05) is 17.4 Å². The van der Waals surface area contributed by atoms with Crippen LogP contribution in [0, 0.1) is 0 Å². The number of amides is 1. The highest BCUT2D eigenvalue weighted by Crippen LogP contribution is 2.32. The normalized spacial score (nSPS) is 15.9. The van der Waals surface area contributed by atoms with Gasteiger partial charge in [0.25, 0.3) is 0 Å². The Balaban J connectivity index is 1.34. The van der Waals surface area contributed by atoms with Crippen molar-refractivity contribution in [1.82, 2.24) is 4.98 Å². The maximum atomic E-state index is 12.4. The van der Waals surface area contributed by atoms with Crippen molar-refractivity contribution >= 4 is 44.9 Å². The number of benzene rings is 2. The second kappa shape index (κ2) is 8.44. The number of thiazole rings is 1. The van der Waals surface area contributed by atoms with Crippen molar-refractivity contribution in [3.63, 3.8) is 0 Å². The van der Waals surface area contributed by atoms with Crippen LogP contribution in [-0.2, 0) is 11.2 Å². The van der Waals surface area contributed by atoms with Gasteiger partial charge >= 0.3 is 0 Å². The summed E-state index contributed by atoms with van der Waals surface area (Å²) in [6.45, 7) is 2.01. The molecule has 0 radical (unpaired) electrons. The maximum absolute atomic E-state index is 12.4. The van der Waals surface area contributed by atoms with Crippen molar-refractivity contribution in [3.05, 3.63) is 59.1 Å². The average Bonchev–Trinajstić information content (AvgIpc) is 3.32. The molecule has 0 aliphatic heterocycles. The van der Waals surface area contributed by atoms with Crippen molar-refractivity contribution < 1.29 is 4.79 Å². The molecule has 2 aromatic carbocycles. The number of hydrogen-bond acceptors (Lipinski definition) is 4. The summed E-state index contributed by atoms with van der Waals surface area (Å²) >= 11 is 3.56. The Hall–Kier alpha value is -1.85. The Kier molecular flexibility index (Phi) is 5.79. The summed E-state index contributed by atoms with van der Waals surface area (Å²) in [6.07, 6.45) is 5.94. The molecule has 0 saturated heterocycles. The molecule has 0 bridgehead atoms. The van der Waals surface area contributed by atoms with Gasteiger partial charge in [0.15, 0.2) is 0 Å². The zero-order valence-corrected chi connectivity index (χ0v) is 17.1. The van der Waals surface area contributed by atoms with Gasteiger partial charge in [0.05, 0.1) is 20.5 Å². The van der Waals surface area contributed by atoms with E-state index in [1.165, 1.54) is 35.9 Å². The number of hydrogen-bond donors (Lipinski definition) is 1. The van der Waals surface area contributed by atoms with Crippen LogP contribution in [0.1, 0.15) is 43.2 Å². The van der Waals surface area contributed by atoms with Crippen LogP contribution in [0.2, 0.25) is 0 Å². The highest BCUT2D eigenvalue weighted by atomic mass is 32.2. The zero-order valence-electron chi connectivity index (χ0n) is 15.5. The lowest BCUT2D eigenvalue weighted by Gasteiger charge is -2.16. The first-order valence-corrected chi connectivity index (χ1v) is 11.3. The van der Waals surface area contributed by atoms with E-state index in [-0.39, 0.29) is 11.2 Å². The lowest BCUT2D eigenvalue weighted by Crippen LogP contribution is -2.24. The number of fused-ring (bicyclic) bond motifs is 1. The summed E-state index contributed by atoms with van der Waals surface area (Å²) in [4.78, 5) is 17.1. The van der Waals surface area contributed by atoms with Crippen LogP contribution in [0.15, 0.2) is 48.5 Å². The van der Waals surface area contributed by atoms with Crippen molar-refractivity contribution in [2.24, 2.45) is 0 Å². The second-order valence-corrected chi connectivity index (χ2v) is 9.88. The van der Waals surface area contributed by atoms with E-state index in [1.54, 1.807) is 11.3 Å². The Morgan fingerprint density at radius 3 is 2.67 bits per heavy atom. The standard InChI is InChI=1S/C22H24N2OS2/c1-15(26-18-6-2-3-7-18)22(25)23-17-12-10-16(11-13-17)14-21-24-19-8-4-5-9-20(19)27-21/h4-5,8-13,15,18H,2-3,6-7,14H2,1H3,(H,23,25)/t15-/m0/s1. The molecule has 1 aliphatic carbocycles. The van der Waals surface area contributed by atoms with Crippen molar-refractivity contribution in [3.8, 4) is 0 Å². The summed E-state index contributed by atoms with van der Waals surface area (Å²) < 4.78 is 1.23. The number of aromatic nitrogens is 1. The van der Waals surface area contributed by atoms with Gasteiger partial charge in [-0.1, -0.05) is 37.1 Å². The molecule has 0 spiro atoms. The van der Waals surface area contributed by atoms with Crippen LogP contribution in [0.5, 0.6) is 0 Å². The van der Waals surface area contributed by atoms with E-state index in [9.17, 15) is 4.79 Å². The van der Waals surface area contributed by atoms with Gasteiger partial charge in [0.2, 0.25) is 5.91 Å². The Morgan fingerprint density at radius 2 is 1.93 bits per heavy atom. The molecule has 1 fully saturated rings. The minimum atomic E-state index is -0.00414. The molecule has 140 valence electrons. The molecular formula is C22H24N2OS2. The van der Waals surface area contributed by atoms with Gasteiger partial charge in [-0.15, -0.1) is 23.1 Å². The van der Waals surface area contributed by atoms with Crippen molar-refractivity contribution in [1.29, 1.82) is 0 Å². The predicted molar refractivity (Wildman–Crippen MR) is 117 cm³/mol. The van der Waals surface area contributed by atoms with E-state index in [0.29, 0.717) is 5.25 Å². The van der Waals surface area contributed by atoms with E-state index in [1.807, 2.05) is 43.0 Å². The summed E-state index contributed by atoms with van der Waals surface area (Å²) in [5.74, 6) is 0.103. The third kappa shape index (κ3) is 4.71. The topological polar surface area (TPSA) is 42.0 Å². The fraction of sp³-hybridized carbons (Fsp3) is 0.364. The first kappa shape index (κ1) is 18.5. The molecule has 1 heterocycles. The SMILES string of the molecule is C[C@H](SC1CCCC1)C(=O)Nc1ccc(Cc2nc3ccccc3s2)cc1.